The molecule has 2 rings (SSSR count). The molecule has 0 aromatic rings. The lowest BCUT2D eigenvalue weighted by molar-refractivity contribution is -0.170. The van der Waals surface area contributed by atoms with Crippen molar-refractivity contribution in [2.75, 3.05) is 13.1 Å². The highest BCUT2D eigenvalue weighted by Crippen LogP contribution is 2.50. The van der Waals surface area contributed by atoms with E-state index in [4.69, 9.17) is 4.74 Å². The lowest BCUT2D eigenvalue weighted by atomic mass is 9.67. The van der Waals surface area contributed by atoms with Crippen molar-refractivity contribution < 1.29 is 24.5 Å². The number of hydrogen-bond acceptors (Lipinski definition) is 4. The number of carbonyl (C=O) groups is 2. The highest BCUT2D eigenvalue weighted by Gasteiger charge is 2.60. The molecule has 0 aromatic heterocycles. The molecule has 1 amide bonds. The number of likely N-dealkylation sites (tertiary alicyclic amines) is 1. The van der Waals surface area contributed by atoms with Crippen molar-refractivity contribution in [1.82, 2.24) is 4.90 Å². The summed E-state index contributed by atoms with van der Waals surface area (Å²) < 4.78 is 5.39. The van der Waals surface area contributed by atoms with Crippen molar-refractivity contribution in [3.05, 3.63) is 0 Å². The summed E-state index contributed by atoms with van der Waals surface area (Å²) in [4.78, 5) is 26.0. The molecule has 2 aliphatic rings. The highest BCUT2D eigenvalue weighted by molar-refractivity contribution is 5.79. The Morgan fingerprint density at radius 3 is 2.24 bits per heavy atom. The molecule has 1 saturated carbocycles. The van der Waals surface area contributed by atoms with Gasteiger partial charge >= 0.3 is 12.1 Å². The number of carbonyl (C=O) groups excluding carboxylic acids is 1. The Hall–Kier alpha value is -1.30. The molecular formula is C19H33NO5. The smallest absolute Gasteiger partial charge is 0.410 e. The lowest BCUT2D eigenvalue weighted by Gasteiger charge is -2.42. The molecule has 144 valence electrons. The fourth-order valence-electron chi connectivity index (χ4n) is 4.18. The van der Waals surface area contributed by atoms with E-state index in [1.165, 1.54) is 4.90 Å². The number of aliphatic carboxylic acids is 1. The summed E-state index contributed by atoms with van der Waals surface area (Å²) in [5.74, 6) is -1.01. The standard InChI is InChI=1S/C19H33NO5/c1-16(2,3)25-15(23)20-12-11-18(13-20,14(21)22)19(24)8-6-7-17(4,5)9-10-19/h24H,6-13H2,1-5H3,(H,21,22). The first kappa shape index (κ1) is 20.0. The zero-order valence-corrected chi connectivity index (χ0v) is 16.2. The minimum absolute atomic E-state index is 0.00811. The van der Waals surface area contributed by atoms with Crippen LogP contribution in [0.25, 0.3) is 0 Å². The molecule has 6 heteroatoms. The summed E-state index contributed by atoms with van der Waals surface area (Å²) in [6, 6.07) is 0. The molecule has 1 saturated heterocycles. The topological polar surface area (TPSA) is 87.1 Å². The van der Waals surface area contributed by atoms with Crippen LogP contribution in [-0.4, -0.2) is 51.5 Å². The van der Waals surface area contributed by atoms with Crippen LogP contribution < -0.4 is 0 Å². The Kier molecular flexibility index (Phi) is 5.17. The molecule has 2 N–H and O–H groups in total. The number of ether oxygens (including phenoxy) is 1. The summed E-state index contributed by atoms with van der Waals surface area (Å²) in [5.41, 5.74) is -3.13. The van der Waals surface area contributed by atoms with Gasteiger partial charge in [-0.15, -0.1) is 0 Å². The van der Waals surface area contributed by atoms with Gasteiger partial charge in [0.05, 0.1) is 5.60 Å². The molecule has 1 aliphatic carbocycles. The number of amides is 1. The predicted octanol–water partition coefficient (Wildman–Crippen LogP) is 3.42. The molecule has 0 aromatic carbocycles. The zero-order valence-electron chi connectivity index (χ0n) is 16.2. The van der Waals surface area contributed by atoms with Crippen LogP contribution in [0.15, 0.2) is 0 Å². The molecule has 6 nitrogen and oxygen atoms in total. The number of carboxylic acids is 1. The van der Waals surface area contributed by atoms with Gasteiger partial charge in [-0.2, -0.15) is 0 Å². The van der Waals surface area contributed by atoms with E-state index in [9.17, 15) is 19.8 Å². The van der Waals surface area contributed by atoms with Crippen molar-refractivity contribution >= 4 is 12.1 Å². The molecule has 1 aliphatic heterocycles. The predicted molar refractivity (Wildman–Crippen MR) is 94.3 cm³/mol. The van der Waals surface area contributed by atoms with E-state index < -0.39 is 28.7 Å². The second-order valence-electron chi connectivity index (χ2n) is 9.59. The van der Waals surface area contributed by atoms with Gasteiger partial charge in [-0.3, -0.25) is 4.79 Å². The van der Waals surface area contributed by atoms with Gasteiger partial charge in [0.15, 0.2) is 0 Å². The molecule has 0 bridgehead atoms. The monoisotopic (exact) mass is 355 g/mol. The minimum atomic E-state index is -1.32. The number of aliphatic hydroxyl groups is 1. The first-order chi connectivity index (χ1) is 11.3. The van der Waals surface area contributed by atoms with E-state index in [1.54, 1.807) is 20.8 Å². The Balaban J connectivity index is 2.23. The maximum atomic E-state index is 12.4. The van der Waals surface area contributed by atoms with Gasteiger partial charge in [-0.25, -0.2) is 4.79 Å². The van der Waals surface area contributed by atoms with Crippen LogP contribution in [0.3, 0.4) is 0 Å². The molecule has 2 fully saturated rings. The van der Waals surface area contributed by atoms with Gasteiger partial charge in [-0.1, -0.05) is 20.3 Å². The average molecular weight is 355 g/mol. The van der Waals surface area contributed by atoms with Gasteiger partial charge in [0.2, 0.25) is 0 Å². The van der Waals surface area contributed by atoms with Crippen LogP contribution in [0, 0.1) is 10.8 Å². The highest BCUT2D eigenvalue weighted by atomic mass is 16.6. The largest absolute Gasteiger partial charge is 0.481 e. The second kappa shape index (κ2) is 6.45. The Morgan fingerprint density at radius 2 is 1.68 bits per heavy atom. The number of carboxylic acid groups (broad SMARTS) is 1. The molecule has 25 heavy (non-hydrogen) atoms. The van der Waals surface area contributed by atoms with Gasteiger partial charge in [0.25, 0.3) is 0 Å². The fraction of sp³-hybridized carbons (Fsp3) is 0.895. The molecule has 2 atom stereocenters. The summed E-state index contributed by atoms with van der Waals surface area (Å²) in [7, 11) is 0. The summed E-state index contributed by atoms with van der Waals surface area (Å²) in [5, 5.41) is 21.4. The number of hydrogen-bond donors (Lipinski definition) is 2. The van der Waals surface area contributed by atoms with Crippen LogP contribution in [0.5, 0.6) is 0 Å². The summed E-state index contributed by atoms with van der Waals surface area (Å²) in [6.45, 7) is 9.98. The van der Waals surface area contributed by atoms with E-state index in [1.807, 2.05) is 0 Å². The Labute approximate surface area is 150 Å². The van der Waals surface area contributed by atoms with Crippen molar-refractivity contribution in [2.24, 2.45) is 10.8 Å². The minimum Gasteiger partial charge on any atom is -0.481 e. The van der Waals surface area contributed by atoms with Crippen LogP contribution in [0.1, 0.15) is 73.1 Å². The van der Waals surface area contributed by atoms with Crippen molar-refractivity contribution in [3.63, 3.8) is 0 Å². The SMILES string of the molecule is CC1(C)CCCC(O)(C2(C(=O)O)CCN(C(=O)OC(C)(C)C)C2)CC1. The van der Waals surface area contributed by atoms with E-state index in [0.29, 0.717) is 19.4 Å². The van der Waals surface area contributed by atoms with E-state index in [0.717, 1.165) is 19.3 Å². The van der Waals surface area contributed by atoms with Crippen molar-refractivity contribution in [3.8, 4) is 0 Å². The quantitative estimate of drug-likeness (QED) is 0.741. The summed E-state index contributed by atoms with van der Waals surface area (Å²) >= 11 is 0. The van der Waals surface area contributed by atoms with Crippen molar-refractivity contribution in [2.45, 2.75) is 84.3 Å². The van der Waals surface area contributed by atoms with Gasteiger partial charge in [0.1, 0.15) is 11.0 Å². The fourth-order valence-corrected chi connectivity index (χ4v) is 4.18. The number of rotatable bonds is 2. The van der Waals surface area contributed by atoms with E-state index in [2.05, 4.69) is 13.8 Å². The average Bonchev–Trinajstić information content (AvgIpc) is 2.85. The molecule has 2 unspecified atom stereocenters. The van der Waals surface area contributed by atoms with E-state index in [-0.39, 0.29) is 18.4 Å². The van der Waals surface area contributed by atoms with Crippen LogP contribution >= 0.6 is 0 Å². The number of nitrogens with zero attached hydrogens (tertiary/aromatic N) is 1. The van der Waals surface area contributed by atoms with Crippen molar-refractivity contribution in [1.29, 1.82) is 0 Å². The van der Waals surface area contributed by atoms with Crippen LogP contribution in [0.4, 0.5) is 4.79 Å². The lowest BCUT2D eigenvalue weighted by Crippen LogP contribution is -2.55. The molecule has 0 spiro atoms. The van der Waals surface area contributed by atoms with Crippen LogP contribution in [-0.2, 0) is 9.53 Å². The first-order valence-corrected chi connectivity index (χ1v) is 9.24. The first-order valence-electron chi connectivity index (χ1n) is 9.24. The maximum Gasteiger partial charge on any atom is 0.410 e. The molecule has 1 heterocycles. The van der Waals surface area contributed by atoms with Gasteiger partial charge < -0.3 is 19.8 Å². The molecule has 0 radical (unpaired) electrons. The third kappa shape index (κ3) is 4.10. The second-order valence-corrected chi connectivity index (χ2v) is 9.59. The summed E-state index contributed by atoms with van der Waals surface area (Å²) in [6.07, 6.45) is 3.22. The van der Waals surface area contributed by atoms with Crippen LogP contribution in [0.2, 0.25) is 0 Å². The Bertz CT molecular complexity index is 538. The maximum absolute atomic E-state index is 12.4. The molecular weight excluding hydrogens is 322 g/mol. The van der Waals surface area contributed by atoms with E-state index >= 15 is 0 Å². The van der Waals surface area contributed by atoms with Gasteiger partial charge in [0, 0.05) is 13.1 Å². The Morgan fingerprint density at radius 1 is 1.04 bits per heavy atom. The zero-order chi connectivity index (χ0) is 19.1. The third-order valence-corrected chi connectivity index (χ3v) is 5.88. The third-order valence-electron chi connectivity index (χ3n) is 5.88. The normalized spacial score (nSPS) is 33.0. The van der Waals surface area contributed by atoms with Gasteiger partial charge in [-0.05, 0) is 58.3 Å².